The number of rotatable bonds is 5. The highest BCUT2D eigenvalue weighted by atomic mass is 32.1. The van der Waals surface area contributed by atoms with Crippen molar-refractivity contribution < 1.29 is 14.6 Å². The molecule has 2 aliphatic carbocycles. The molecule has 6 nitrogen and oxygen atoms in total. The molecular weight excluding hydrogens is 398 g/mol. The number of hydrogen-bond acceptors (Lipinski definition) is 7. The summed E-state index contributed by atoms with van der Waals surface area (Å²) in [5.74, 6) is 1.32. The molecule has 2 aromatic rings. The van der Waals surface area contributed by atoms with Gasteiger partial charge in [-0.05, 0) is 69.8 Å². The zero-order chi connectivity index (χ0) is 20.5. The molecular formula is C23H33N3O3S. The number of hydrogen-bond donors (Lipinski definition) is 1. The van der Waals surface area contributed by atoms with Gasteiger partial charge in [0, 0.05) is 24.0 Å². The number of nitrogens with zero attached hydrogens (tertiary/aromatic N) is 3. The van der Waals surface area contributed by atoms with Gasteiger partial charge in [0.05, 0.1) is 24.7 Å². The molecule has 1 unspecified atom stereocenters. The van der Waals surface area contributed by atoms with Crippen molar-refractivity contribution in [1.82, 2.24) is 14.9 Å². The van der Waals surface area contributed by atoms with E-state index in [2.05, 4.69) is 14.9 Å². The van der Waals surface area contributed by atoms with Gasteiger partial charge in [0.15, 0.2) is 0 Å². The van der Waals surface area contributed by atoms with E-state index in [-0.39, 0.29) is 12.2 Å². The van der Waals surface area contributed by atoms with E-state index in [1.165, 1.54) is 23.3 Å². The van der Waals surface area contributed by atoms with Crippen LogP contribution in [0.25, 0.3) is 10.2 Å². The number of aliphatic hydroxyl groups is 1. The summed E-state index contributed by atoms with van der Waals surface area (Å²) in [6, 6.07) is 0.675. The Balaban J connectivity index is 1.29. The summed E-state index contributed by atoms with van der Waals surface area (Å²) in [6.45, 7) is 5.77. The van der Waals surface area contributed by atoms with Crippen LogP contribution >= 0.6 is 11.3 Å². The lowest BCUT2D eigenvalue weighted by Crippen LogP contribution is -2.46. The first-order valence-corrected chi connectivity index (χ1v) is 12.4. The first kappa shape index (κ1) is 20.6. The Morgan fingerprint density at radius 1 is 1.20 bits per heavy atom. The number of aromatic nitrogens is 2. The molecule has 0 bridgehead atoms. The molecule has 164 valence electrons. The summed E-state index contributed by atoms with van der Waals surface area (Å²) >= 11 is 1.80. The van der Waals surface area contributed by atoms with E-state index in [1.54, 1.807) is 17.7 Å². The third-order valence-electron chi connectivity index (χ3n) is 7.07. The molecule has 1 saturated heterocycles. The van der Waals surface area contributed by atoms with Crippen molar-refractivity contribution in [2.45, 2.75) is 76.5 Å². The van der Waals surface area contributed by atoms with Gasteiger partial charge in [-0.1, -0.05) is 0 Å². The number of morpholine rings is 1. The van der Waals surface area contributed by atoms with Crippen LogP contribution in [0.1, 0.15) is 55.9 Å². The minimum atomic E-state index is -0.241. The SMILES string of the molecule is CC(O)C[C@@H]1CCc2sc3ncnc(OC4CCC(N5CCOCC5)CC4)c3c2C1. The maximum Gasteiger partial charge on any atom is 0.225 e. The van der Waals surface area contributed by atoms with Crippen molar-refractivity contribution in [2.24, 2.45) is 5.92 Å². The number of aryl methyl sites for hydroxylation is 1. The Kier molecular flexibility index (Phi) is 6.23. The lowest BCUT2D eigenvalue weighted by atomic mass is 9.84. The lowest BCUT2D eigenvalue weighted by molar-refractivity contribution is -0.00126. The van der Waals surface area contributed by atoms with E-state index in [4.69, 9.17) is 9.47 Å². The normalized spacial score (nSPS) is 28.9. The quantitative estimate of drug-likeness (QED) is 0.780. The van der Waals surface area contributed by atoms with Crippen LogP contribution in [0.5, 0.6) is 5.88 Å². The van der Waals surface area contributed by atoms with Gasteiger partial charge in [-0.3, -0.25) is 4.90 Å². The van der Waals surface area contributed by atoms with Crippen molar-refractivity contribution in [2.75, 3.05) is 26.3 Å². The molecule has 1 aliphatic heterocycles. The standard InChI is InChI=1S/C23H33N3O3S/c1-15(27)12-16-2-7-20-19(13-16)21-22(24-14-25-23(21)30-20)29-18-5-3-17(4-6-18)26-8-10-28-11-9-26/h14-18,27H,2-13H2,1H3/t15?,16-,17?,18?/m0/s1. The number of aliphatic hydroxyl groups excluding tert-OH is 1. The molecule has 2 atom stereocenters. The molecule has 7 heteroatoms. The van der Waals surface area contributed by atoms with Crippen molar-refractivity contribution >= 4 is 21.6 Å². The Bertz CT molecular complexity index is 857. The van der Waals surface area contributed by atoms with E-state index in [9.17, 15) is 5.11 Å². The number of ether oxygens (including phenoxy) is 2. The fourth-order valence-corrected chi connectivity index (χ4v) is 6.73. The summed E-state index contributed by atoms with van der Waals surface area (Å²) < 4.78 is 12.0. The first-order chi connectivity index (χ1) is 14.7. The summed E-state index contributed by atoms with van der Waals surface area (Å²) in [4.78, 5) is 14.2. The van der Waals surface area contributed by atoms with Crippen LogP contribution in [0.2, 0.25) is 0 Å². The summed E-state index contributed by atoms with van der Waals surface area (Å²) in [5, 5.41) is 11.0. The molecule has 1 N–H and O–H groups in total. The van der Waals surface area contributed by atoms with Gasteiger partial charge < -0.3 is 14.6 Å². The maximum atomic E-state index is 9.85. The molecule has 3 heterocycles. The van der Waals surface area contributed by atoms with Gasteiger partial charge in [-0.15, -0.1) is 11.3 Å². The van der Waals surface area contributed by atoms with Crippen molar-refractivity contribution in [3.63, 3.8) is 0 Å². The third-order valence-corrected chi connectivity index (χ3v) is 8.27. The monoisotopic (exact) mass is 431 g/mol. The van der Waals surface area contributed by atoms with Crippen LogP contribution in [-0.4, -0.2) is 64.5 Å². The molecule has 0 radical (unpaired) electrons. The third kappa shape index (κ3) is 4.35. The number of fused-ring (bicyclic) bond motifs is 3. The van der Waals surface area contributed by atoms with Crippen molar-refractivity contribution in [1.29, 1.82) is 0 Å². The average Bonchev–Trinajstić information content (AvgIpc) is 3.13. The smallest absolute Gasteiger partial charge is 0.225 e. The molecule has 5 rings (SSSR count). The predicted octanol–water partition coefficient (Wildman–Crippen LogP) is 3.59. The van der Waals surface area contributed by atoms with Gasteiger partial charge in [-0.25, -0.2) is 9.97 Å². The zero-order valence-corrected chi connectivity index (χ0v) is 18.7. The number of thiophene rings is 1. The van der Waals surface area contributed by atoms with Crippen LogP contribution in [0.3, 0.4) is 0 Å². The molecule has 2 fully saturated rings. The zero-order valence-electron chi connectivity index (χ0n) is 17.9. The highest BCUT2D eigenvalue weighted by molar-refractivity contribution is 7.18. The summed E-state index contributed by atoms with van der Waals surface area (Å²) in [6.07, 6.45) is 10.3. The fourth-order valence-electron chi connectivity index (χ4n) is 5.55. The molecule has 0 spiro atoms. The molecule has 0 amide bonds. The van der Waals surface area contributed by atoms with Gasteiger partial charge in [0.2, 0.25) is 5.88 Å². The maximum absolute atomic E-state index is 9.85. The average molecular weight is 432 g/mol. The predicted molar refractivity (Wildman–Crippen MR) is 118 cm³/mol. The summed E-state index contributed by atoms with van der Waals surface area (Å²) in [7, 11) is 0. The Hall–Kier alpha value is -1.28. The largest absolute Gasteiger partial charge is 0.474 e. The Labute approximate surface area is 182 Å². The molecule has 2 aromatic heterocycles. The summed E-state index contributed by atoms with van der Waals surface area (Å²) in [5.41, 5.74) is 1.38. The second-order valence-corrected chi connectivity index (χ2v) is 10.3. The first-order valence-electron chi connectivity index (χ1n) is 11.6. The van der Waals surface area contributed by atoms with Crippen LogP contribution in [0, 0.1) is 5.92 Å². The van der Waals surface area contributed by atoms with E-state index >= 15 is 0 Å². The van der Waals surface area contributed by atoms with E-state index in [1.807, 2.05) is 6.92 Å². The fraction of sp³-hybridized carbons (Fsp3) is 0.739. The van der Waals surface area contributed by atoms with Gasteiger partial charge in [-0.2, -0.15) is 0 Å². The van der Waals surface area contributed by atoms with Crippen LogP contribution < -0.4 is 4.74 Å². The van der Waals surface area contributed by atoms with Crippen LogP contribution in [-0.2, 0) is 17.6 Å². The second-order valence-electron chi connectivity index (χ2n) is 9.25. The van der Waals surface area contributed by atoms with Gasteiger partial charge in [0.1, 0.15) is 17.3 Å². The van der Waals surface area contributed by atoms with Crippen molar-refractivity contribution in [3.8, 4) is 5.88 Å². The van der Waals surface area contributed by atoms with E-state index in [0.717, 1.165) is 80.9 Å². The van der Waals surface area contributed by atoms with Gasteiger partial charge in [0.25, 0.3) is 0 Å². The topological polar surface area (TPSA) is 67.7 Å². The Morgan fingerprint density at radius 2 is 2.00 bits per heavy atom. The van der Waals surface area contributed by atoms with Gasteiger partial charge >= 0.3 is 0 Å². The molecule has 30 heavy (non-hydrogen) atoms. The molecule has 0 aromatic carbocycles. The highest BCUT2D eigenvalue weighted by Gasteiger charge is 2.30. The minimum absolute atomic E-state index is 0.241. The molecule has 1 saturated carbocycles. The highest BCUT2D eigenvalue weighted by Crippen LogP contribution is 2.42. The molecule has 3 aliphatic rings. The van der Waals surface area contributed by atoms with Crippen LogP contribution in [0.4, 0.5) is 0 Å². The minimum Gasteiger partial charge on any atom is -0.474 e. The second kappa shape index (κ2) is 9.07. The van der Waals surface area contributed by atoms with E-state index in [0.29, 0.717) is 12.0 Å². The van der Waals surface area contributed by atoms with Crippen molar-refractivity contribution in [3.05, 3.63) is 16.8 Å². The van der Waals surface area contributed by atoms with E-state index < -0.39 is 0 Å². The lowest BCUT2D eigenvalue weighted by Gasteiger charge is -2.38. The van der Waals surface area contributed by atoms with Crippen LogP contribution in [0.15, 0.2) is 6.33 Å². The Morgan fingerprint density at radius 3 is 2.77 bits per heavy atom.